The van der Waals surface area contributed by atoms with Gasteiger partial charge in [0.25, 0.3) is 0 Å². The molecule has 1 rings (SSSR count). The van der Waals surface area contributed by atoms with Gasteiger partial charge in [-0.25, -0.2) is 4.79 Å². The maximum absolute atomic E-state index is 12.3. The number of nitrogens with zero attached hydrogens (tertiary/aromatic N) is 1. The van der Waals surface area contributed by atoms with Crippen LogP contribution in [0.1, 0.15) is 40.5 Å². The van der Waals surface area contributed by atoms with Gasteiger partial charge in [-0.1, -0.05) is 34.1 Å². The van der Waals surface area contributed by atoms with E-state index in [1.807, 2.05) is 27.7 Å². The molecule has 0 bridgehead atoms. The average molecular weight is 313 g/mol. The number of hydrogen-bond donors (Lipinski definition) is 1. The number of carbonyl (C=O) groups is 3. The Labute approximate surface area is 131 Å². The first-order valence-electron chi connectivity index (χ1n) is 7.94. The van der Waals surface area contributed by atoms with Crippen LogP contribution in [-0.4, -0.2) is 53.5 Å². The number of ether oxygens (including phenoxy) is 1. The molecule has 6 heteroatoms. The maximum Gasteiger partial charge on any atom is 0.329 e. The Kier molecular flexibility index (Phi) is 7.00. The second-order valence-corrected chi connectivity index (χ2v) is 6.23. The number of hydrogen-bond acceptors (Lipinski definition) is 5. The molecule has 3 unspecified atom stereocenters. The van der Waals surface area contributed by atoms with Crippen LogP contribution < -0.4 is 0 Å². The van der Waals surface area contributed by atoms with Crippen molar-refractivity contribution < 1.29 is 24.2 Å². The highest BCUT2D eigenvalue weighted by Crippen LogP contribution is 2.27. The van der Waals surface area contributed by atoms with E-state index >= 15 is 0 Å². The van der Waals surface area contributed by atoms with Crippen LogP contribution in [0.25, 0.3) is 0 Å². The van der Waals surface area contributed by atoms with E-state index in [0.29, 0.717) is 6.42 Å². The largest absolute Gasteiger partial charge is 0.462 e. The highest BCUT2D eigenvalue weighted by molar-refractivity contribution is 5.93. The minimum absolute atomic E-state index is 0.0578. The molecule has 0 radical (unpaired) electrons. The van der Waals surface area contributed by atoms with Crippen molar-refractivity contribution >= 4 is 17.7 Å². The van der Waals surface area contributed by atoms with Crippen LogP contribution in [0.3, 0.4) is 0 Å². The highest BCUT2D eigenvalue weighted by atomic mass is 16.5. The summed E-state index contributed by atoms with van der Waals surface area (Å²) in [6, 6.07) is -0.686. The lowest BCUT2D eigenvalue weighted by Gasteiger charge is -2.30. The molecule has 1 saturated heterocycles. The minimum atomic E-state index is -0.686. The molecule has 0 saturated carbocycles. The Bertz CT molecular complexity index is 421. The molecule has 1 aliphatic heterocycles. The van der Waals surface area contributed by atoms with Crippen molar-refractivity contribution in [1.82, 2.24) is 4.90 Å². The molecule has 1 amide bonds. The van der Waals surface area contributed by atoms with Gasteiger partial charge in [-0.05, 0) is 5.92 Å². The summed E-state index contributed by atoms with van der Waals surface area (Å²) in [6.07, 6.45) is 0.878. The molecular weight excluding hydrogens is 286 g/mol. The standard InChI is InChI=1S/C16H27NO5/c1-5-11(4)14(16(21)22-7-6-18)17-9-12(8-13(17)19)15(20)10(2)3/h10-12,14,18H,5-9H2,1-4H3. The van der Waals surface area contributed by atoms with Crippen LogP contribution in [-0.2, 0) is 19.1 Å². The molecule has 0 aromatic rings. The van der Waals surface area contributed by atoms with E-state index in [1.165, 1.54) is 4.90 Å². The van der Waals surface area contributed by atoms with E-state index in [0.717, 1.165) is 0 Å². The number of Topliss-reactive ketones (excluding diaryl/α,β-unsaturated/α-hetero) is 1. The van der Waals surface area contributed by atoms with Crippen molar-refractivity contribution in [2.45, 2.75) is 46.6 Å². The monoisotopic (exact) mass is 313 g/mol. The Morgan fingerprint density at radius 3 is 2.50 bits per heavy atom. The van der Waals surface area contributed by atoms with Gasteiger partial charge in [0.05, 0.1) is 6.61 Å². The van der Waals surface area contributed by atoms with Crippen molar-refractivity contribution in [1.29, 1.82) is 0 Å². The van der Waals surface area contributed by atoms with Gasteiger partial charge in [-0.2, -0.15) is 0 Å². The fourth-order valence-corrected chi connectivity index (χ4v) is 2.78. The second-order valence-electron chi connectivity index (χ2n) is 6.23. The first-order valence-corrected chi connectivity index (χ1v) is 7.94. The van der Waals surface area contributed by atoms with Crippen molar-refractivity contribution in [3.8, 4) is 0 Å². The smallest absolute Gasteiger partial charge is 0.329 e. The first-order chi connectivity index (χ1) is 10.3. The molecule has 6 nitrogen and oxygen atoms in total. The van der Waals surface area contributed by atoms with Crippen LogP contribution in [0.2, 0.25) is 0 Å². The van der Waals surface area contributed by atoms with Crippen molar-refractivity contribution in [3.63, 3.8) is 0 Å². The Morgan fingerprint density at radius 1 is 1.36 bits per heavy atom. The van der Waals surface area contributed by atoms with Gasteiger partial charge in [-0.15, -0.1) is 0 Å². The number of likely N-dealkylation sites (tertiary alicyclic amines) is 1. The summed E-state index contributed by atoms with van der Waals surface area (Å²) in [6.45, 7) is 7.40. The van der Waals surface area contributed by atoms with Crippen molar-refractivity contribution in [3.05, 3.63) is 0 Å². The molecule has 1 heterocycles. The summed E-state index contributed by atoms with van der Waals surface area (Å²) in [7, 11) is 0. The van der Waals surface area contributed by atoms with Gasteiger partial charge in [0.2, 0.25) is 5.91 Å². The molecule has 0 aliphatic carbocycles. The van der Waals surface area contributed by atoms with E-state index < -0.39 is 12.0 Å². The Hall–Kier alpha value is -1.43. The highest BCUT2D eigenvalue weighted by Gasteiger charge is 2.43. The lowest BCUT2D eigenvalue weighted by Crippen LogP contribution is -2.47. The zero-order valence-corrected chi connectivity index (χ0v) is 13.9. The lowest BCUT2D eigenvalue weighted by molar-refractivity contribution is -0.157. The first kappa shape index (κ1) is 18.6. The summed E-state index contributed by atoms with van der Waals surface area (Å²) >= 11 is 0. The number of amides is 1. The Morgan fingerprint density at radius 2 is 2.00 bits per heavy atom. The maximum atomic E-state index is 12.3. The average Bonchev–Trinajstić information content (AvgIpc) is 2.85. The van der Waals surface area contributed by atoms with E-state index in [4.69, 9.17) is 9.84 Å². The van der Waals surface area contributed by atoms with Crippen LogP contribution in [0.5, 0.6) is 0 Å². The zero-order valence-electron chi connectivity index (χ0n) is 13.9. The number of rotatable bonds is 8. The number of ketones is 1. The van der Waals surface area contributed by atoms with E-state index in [1.54, 1.807) is 0 Å². The summed E-state index contributed by atoms with van der Waals surface area (Å²) in [4.78, 5) is 38.1. The van der Waals surface area contributed by atoms with Gasteiger partial charge < -0.3 is 14.7 Å². The normalized spacial score (nSPS) is 21.1. The summed E-state index contributed by atoms with van der Waals surface area (Å²) in [5, 5.41) is 8.78. The van der Waals surface area contributed by atoms with Gasteiger partial charge in [-0.3, -0.25) is 9.59 Å². The van der Waals surface area contributed by atoms with Crippen molar-refractivity contribution in [2.75, 3.05) is 19.8 Å². The SMILES string of the molecule is CCC(C)C(C(=O)OCCO)N1CC(C(=O)C(C)C)CC1=O. The van der Waals surface area contributed by atoms with E-state index in [2.05, 4.69) is 0 Å². The van der Waals surface area contributed by atoms with Crippen LogP contribution in [0, 0.1) is 17.8 Å². The fourth-order valence-electron chi connectivity index (χ4n) is 2.78. The summed E-state index contributed by atoms with van der Waals surface area (Å²) in [5.41, 5.74) is 0. The second kappa shape index (κ2) is 8.27. The van der Waals surface area contributed by atoms with E-state index in [-0.39, 0.29) is 55.6 Å². The predicted octanol–water partition coefficient (Wildman–Crippen LogP) is 1.01. The number of carbonyl (C=O) groups excluding carboxylic acids is 3. The third kappa shape index (κ3) is 4.29. The molecule has 22 heavy (non-hydrogen) atoms. The van der Waals surface area contributed by atoms with Crippen LogP contribution in [0.15, 0.2) is 0 Å². The van der Waals surface area contributed by atoms with Gasteiger partial charge in [0.1, 0.15) is 18.4 Å². The minimum Gasteiger partial charge on any atom is -0.462 e. The topological polar surface area (TPSA) is 83.9 Å². The molecule has 1 fully saturated rings. The lowest BCUT2D eigenvalue weighted by atomic mass is 9.94. The summed E-state index contributed by atoms with van der Waals surface area (Å²) in [5.74, 6) is -1.16. The number of esters is 1. The quantitative estimate of drug-likeness (QED) is 0.676. The predicted molar refractivity (Wildman–Crippen MR) is 81.0 cm³/mol. The molecule has 3 atom stereocenters. The third-order valence-electron chi connectivity index (χ3n) is 4.23. The van der Waals surface area contributed by atoms with Crippen molar-refractivity contribution in [2.24, 2.45) is 17.8 Å². The molecule has 1 N–H and O–H groups in total. The Balaban J connectivity index is 2.88. The molecule has 126 valence electrons. The molecule has 0 aromatic carbocycles. The summed E-state index contributed by atoms with van der Waals surface area (Å²) < 4.78 is 5.01. The molecular formula is C16H27NO5. The zero-order chi connectivity index (χ0) is 16.9. The fraction of sp³-hybridized carbons (Fsp3) is 0.812. The van der Waals surface area contributed by atoms with Gasteiger partial charge in [0.15, 0.2) is 0 Å². The molecule has 0 aromatic heterocycles. The van der Waals surface area contributed by atoms with Gasteiger partial charge in [0, 0.05) is 24.8 Å². The molecule has 1 aliphatic rings. The number of aliphatic hydroxyl groups is 1. The van der Waals surface area contributed by atoms with Crippen LogP contribution >= 0.6 is 0 Å². The van der Waals surface area contributed by atoms with Gasteiger partial charge >= 0.3 is 5.97 Å². The number of aliphatic hydroxyl groups excluding tert-OH is 1. The van der Waals surface area contributed by atoms with E-state index in [9.17, 15) is 14.4 Å². The third-order valence-corrected chi connectivity index (χ3v) is 4.23. The molecule has 0 spiro atoms. The van der Waals surface area contributed by atoms with Crippen LogP contribution in [0.4, 0.5) is 0 Å².